The SMILES string of the molecule is C=CC(C1CCC(C(C)=C2CCC2)C1)C(C(I)C#CC)N(C)C(=C)C. The van der Waals surface area contributed by atoms with Crippen LogP contribution in [0.15, 0.2) is 36.1 Å². The van der Waals surface area contributed by atoms with Gasteiger partial charge in [0, 0.05) is 18.7 Å². The minimum atomic E-state index is 0.289. The summed E-state index contributed by atoms with van der Waals surface area (Å²) in [6.07, 6.45) is 10.3. The summed E-state index contributed by atoms with van der Waals surface area (Å²) < 4.78 is 0.289. The van der Waals surface area contributed by atoms with Gasteiger partial charge in [-0.2, -0.15) is 0 Å². The Morgan fingerprint density at radius 3 is 2.48 bits per heavy atom. The van der Waals surface area contributed by atoms with Gasteiger partial charge in [-0.15, -0.1) is 12.5 Å². The standard InChI is InChI=1S/C23H34IN/c1-7-10-22(24)23(25(6)16(3)4)21(8-2)20-14-13-19(15-20)17(5)18-11-9-12-18/h8,19-23H,2-3,9,11-15H2,1,4-6H3. The van der Waals surface area contributed by atoms with Crippen LogP contribution in [0.3, 0.4) is 0 Å². The van der Waals surface area contributed by atoms with Crippen LogP contribution >= 0.6 is 22.6 Å². The Morgan fingerprint density at radius 1 is 1.32 bits per heavy atom. The average molecular weight is 451 g/mol. The van der Waals surface area contributed by atoms with E-state index >= 15 is 0 Å². The number of hydrogen-bond acceptors (Lipinski definition) is 1. The first-order valence-electron chi connectivity index (χ1n) is 9.66. The summed E-state index contributed by atoms with van der Waals surface area (Å²) >= 11 is 2.51. The number of alkyl halides is 1. The quantitative estimate of drug-likeness (QED) is 0.188. The molecule has 0 aromatic carbocycles. The summed E-state index contributed by atoms with van der Waals surface area (Å²) in [5.41, 5.74) is 4.57. The predicted octanol–water partition coefficient (Wildman–Crippen LogP) is 6.37. The molecule has 5 unspecified atom stereocenters. The topological polar surface area (TPSA) is 3.24 Å². The molecule has 0 bridgehead atoms. The number of nitrogens with zero attached hydrogens (tertiary/aromatic N) is 1. The minimum Gasteiger partial charge on any atom is -0.373 e. The van der Waals surface area contributed by atoms with Gasteiger partial charge in [0.15, 0.2) is 0 Å². The molecule has 1 nitrogen and oxygen atoms in total. The van der Waals surface area contributed by atoms with Crippen molar-refractivity contribution in [2.24, 2.45) is 17.8 Å². The van der Waals surface area contributed by atoms with Crippen LogP contribution in [0.2, 0.25) is 0 Å². The largest absolute Gasteiger partial charge is 0.373 e. The molecule has 0 spiro atoms. The summed E-state index contributed by atoms with van der Waals surface area (Å²) in [5, 5.41) is 0. The Kier molecular flexibility index (Phi) is 7.68. The van der Waals surface area contributed by atoms with Gasteiger partial charge in [-0.05, 0) is 71.1 Å². The van der Waals surface area contributed by atoms with Gasteiger partial charge in [0.1, 0.15) is 0 Å². The molecule has 0 aromatic rings. The van der Waals surface area contributed by atoms with Crippen LogP contribution < -0.4 is 0 Å². The first-order chi connectivity index (χ1) is 11.9. The first-order valence-corrected chi connectivity index (χ1v) is 10.9. The maximum atomic E-state index is 4.22. The summed E-state index contributed by atoms with van der Waals surface area (Å²) in [6, 6.07) is 0.350. The molecule has 0 saturated heterocycles. The zero-order valence-electron chi connectivity index (χ0n) is 16.4. The Labute approximate surface area is 169 Å². The molecule has 0 heterocycles. The van der Waals surface area contributed by atoms with Crippen molar-refractivity contribution in [2.75, 3.05) is 7.05 Å². The van der Waals surface area contributed by atoms with Crippen molar-refractivity contribution in [1.29, 1.82) is 0 Å². The third-order valence-corrected chi connectivity index (χ3v) is 7.49. The van der Waals surface area contributed by atoms with Crippen molar-refractivity contribution in [3.8, 4) is 11.8 Å². The zero-order chi connectivity index (χ0) is 18.6. The van der Waals surface area contributed by atoms with E-state index in [1.54, 1.807) is 11.1 Å². The molecule has 0 N–H and O–H groups in total. The lowest BCUT2D eigenvalue weighted by atomic mass is 9.79. The fourth-order valence-corrected chi connectivity index (χ4v) is 5.81. The summed E-state index contributed by atoms with van der Waals surface area (Å²) in [4.78, 5) is 2.33. The molecule has 138 valence electrons. The molecular formula is C23H34IN. The Hall–Kier alpha value is -0.690. The molecular weight excluding hydrogens is 417 g/mol. The molecule has 2 rings (SSSR count). The van der Waals surface area contributed by atoms with Gasteiger partial charge in [0.05, 0.1) is 9.97 Å². The fraction of sp³-hybridized carbons (Fsp3) is 0.652. The zero-order valence-corrected chi connectivity index (χ0v) is 18.6. The van der Waals surface area contributed by atoms with Gasteiger partial charge >= 0.3 is 0 Å². The lowest BCUT2D eigenvalue weighted by Crippen LogP contribution is -2.44. The molecule has 2 aliphatic rings. The van der Waals surface area contributed by atoms with Crippen LogP contribution in [0.4, 0.5) is 0 Å². The van der Waals surface area contributed by atoms with E-state index in [4.69, 9.17) is 0 Å². The van der Waals surface area contributed by atoms with Crippen LogP contribution in [-0.4, -0.2) is 21.9 Å². The van der Waals surface area contributed by atoms with Gasteiger partial charge in [-0.3, -0.25) is 0 Å². The summed E-state index contributed by atoms with van der Waals surface area (Å²) in [6.45, 7) is 14.8. The van der Waals surface area contributed by atoms with E-state index in [0.717, 1.165) is 11.6 Å². The second kappa shape index (κ2) is 9.31. The lowest BCUT2D eigenvalue weighted by Gasteiger charge is -2.39. The maximum absolute atomic E-state index is 4.22. The Balaban J connectivity index is 2.18. The molecule has 2 aliphatic carbocycles. The summed E-state index contributed by atoms with van der Waals surface area (Å²) in [7, 11) is 2.17. The molecule has 2 heteroatoms. The van der Waals surface area contributed by atoms with Crippen LogP contribution in [-0.2, 0) is 0 Å². The molecule has 25 heavy (non-hydrogen) atoms. The van der Waals surface area contributed by atoms with Crippen molar-refractivity contribution in [3.63, 3.8) is 0 Å². The third kappa shape index (κ3) is 4.73. The van der Waals surface area contributed by atoms with Crippen molar-refractivity contribution < 1.29 is 0 Å². The second-order valence-corrected chi connectivity index (χ2v) is 9.20. The molecule has 0 aromatic heterocycles. The van der Waals surface area contributed by atoms with E-state index in [1.807, 2.05) is 6.92 Å². The second-order valence-electron chi connectivity index (χ2n) is 7.86. The molecule has 5 atom stereocenters. The molecule has 0 radical (unpaired) electrons. The van der Waals surface area contributed by atoms with Crippen LogP contribution in [0, 0.1) is 29.6 Å². The number of allylic oxidation sites excluding steroid dienone is 3. The van der Waals surface area contributed by atoms with E-state index < -0.39 is 0 Å². The molecule has 0 amide bonds. The minimum absolute atomic E-state index is 0.289. The molecule has 2 fully saturated rings. The highest BCUT2D eigenvalue weighted by Crippen LogP contribution is 2.45. The van der Waals surface area contributed by atoms with Crippen molar-refractivity contribution in [3.05, 3.63) is 36.1 Å². The fourth-order valence-electron chi connectivity index (χ4n) is 4.53. The lowest BCUT2D eigenvalue weighted by molar-refractivity contribution is 0.206. The van der Waals surface area contributed by atoms with Gasteiger partial charge in [-0.25, -0.2) is 0 Å². The highest BCUT2D eigenvalue weighted by molar-refractivity contribution is 14.1. The number of rotatable bonds is 7. The van der Waals surface area contributed by atoms with E-state index in [-0.39, 0.29) is 3.92 Å². The van der Waals surface area contributed by atoms with E-state index in [2.05, 4.69) is 79.5 Å². The van der Waals surface area contributed by atoms with Gasteiger partial charge in [0.25, 0.3) is 0 Å². The van der Waals surface area contributed by atoms with E-state index in [9.17, 15) is 0 Å². The first kappa shape index (κ1) is 20.6. The van der Waals surface area contributed by atoms with Gasteiger partial charge < -0.3 is 4.90 Å². The van der Waals surface area contributed by atoms with Crippen LogP contribution in [0.1, 0.15) is 59.3 Å². The highest BCUT2D eigenvalue weighted by atomic mass is 127. The van der Waals surface area contributed by atoms with Crippen LogP contribution in [0.5, 0.6) is 0 Å². The van der Waals surface area contributed by atoms with E-state index in [1.165, 1.54) is 38.5 Å². The van der Waals surface area contributed by atoms with Crippen molar-refractivity contribution >= 4 is 22.6 Å². The van der Waals surface area contributed by atoms with Crippen LogP contribution in [0.25, 0.3) is 0 Å². The summed E-state index contributed by atoms with van der Waals surface area (Å²) in [5.74, 6) is 8.47. The van der Waals surface area contributed by atoms with Crippen molar-refractivity contribution in [2.45, 2.75) is 69.3 Å². The average Bonchev–Trinajstić information content (AvgIpc) is 2.99. The van der Waals surface area contributed by atoms with E-state index in [0.29, 0.717) is 17.9 Å². The number of hydrogen-bond donors (Lipinski definition) is 0. The number of halogens is 1. The molecule has 0 aliphatic heterocycles. The molecule has 2 saturated carbocycles. The Bertz CT molecular complexity index is 585. The maximum Gasteiger partial charge on any atom is 0.0926 e. The predicted molar refractivity (Wildman–Crippen MR) is 119 cm³/mol. The third-order valence-electron chi connectivity index (χ3n) is 6.44. The Morgan fingerprint density at radius 2 is 2.00 bits per heavy atom. The van der Waals surface area contributed by atoms with Crippen molar-refractivity contribution in [1.82, 2.24) is 4.90 Å². The normalized spacial score (nSPS) is 25.9. The van der Waals surface area contributed by atoms with Gasteiger partial charge in [0.2, 0.25) is 0 Å². The monoisotopic (exact) mass is 451 g/mol. The highest BCUT2D eigenvalue weighted by Gasteiger charge is 2.38. The van der Waals surface area contributed by atoms with Gasteiger partial charge in [-0.1, -0.05) is 52.3 Å². The smallest absolute Gasteiger partial charge is 0.0926 e.